The average molecular weight is 1390 g/mol. The van der Waals surface area contributed by atoms with Crippen molar-refractivity contribution in [1.82, 2.24) is 0 Å². The molecule has 25 rings (SSSR count). The summed E-state index contributed by atoms with van der Waals surface area (Å²) in [5.41, 5.74) is 40.1. The Labute approximate surface area is 637 Å². The molecule has 6 heterocycles. The highest BCUT2D eigenvalue weighted by molar-refractivity contribution is 7.01. The molecule has 7 heteroatoms. The standard InChI is InChI=1S/C101H87B2N5/c1-59(2)64-39-45-88-85(56-64)103-84-27-14-24-79-97(84)107(92-33-16-30-89(96(92)103)105(88)75-42-35-60(58-104)36-43-75)86-28-11-9-22-77(86)100(79)73-50-69-51-74(100)53-70(52-73)94(69)66-21-13-20-65(48-66)68-49-67(62-18-7-6-8-19-62)54-76(55-68)106-90-31-17-32-91-95(90)102(82-44-41-71(57-93(82)106)99(3,4)5)83-26-15-25-80-98(83)108(91)87-29-12-10-23-78(87)101(80)72-40-38-63-37-34-61(46-72)47-81(63)101/h6-33,35-36,39,41-45,48-49,54-57,59,61,63,69-70,72-74,81,94H,34,37-38,40,46-47,50-53H2,1-5H3. The highest BCUT2D eigenvalue weighted by Crippen LogP contribution is 2.73. The lowest BCUT2D eigenvalue weighted by Crippen LogP contribution is -2.64. The monoisotopic (exact) mass is 1390 g/mol. The van der Waals surface area contributed by atoms with Gasteiger partial charge in [-0.1, -0.05) is 205 Å². The van der Waals surface area contributed by atoms with E-state index in [2.05, 4.69) is 303 Å². The van der Waals surface area contributed by atoms with Crippen LogP contribution in [0.15, 0.2) is 255 Å². The van der Waals surface area contributed by atoms with Gasteiger partial charge in [-0.15, -0.1) is 0 Å². The van der Waals surface area contributed by atoms with Gasteiger partial charge in [0, 0.05) is 67.7 Å². The number of hydrogen-bond donors (Lipinski definition) is 0. The van der Waals surface area contributed by atoms with Crippen LogP contribution in [-0.2, 0) is 16.2 Å². The SMILES string of the molecule is CC(C)c1ccc2c(c1)B1c3cccc4c3N(c3ccccc3C43C4CC5CC3CC(C4)C5c3cccc(-c4cc(-c5ccccc5)cc(N5c6cc(C(C)(C)C)ccc6B6c7cccc8c7N(c7ccccc7C87C8CCC9CCC(C8)CC97)c7cccc5c76)c4)c3)c3cccc(c31)N2c1ccc(C#N)cc1. The van der Waals surface area contributed by atoms with Crippen molar-refractivity contribution in [2.75, 3.05) is 19.6 Å². The largest absolute Gasteiger partial charge is 0.311 e. The molecular weight excluding hydrogens is 1300 g/mol. The second-order valence-corrected chi connectivity index (χ2v) is 36.2. The molecule has 13 aliphatic rings. The van der Waals surface area contributed by atoms with E-state index in [1.807, 2.05) is 12.1 Å². The molecule has 5 nitrogen and oxygen atoms in total. The van der Waals surface area contributed by atoms with Crippen molar-refractivity contribution >= 4 is 114 Å². The first-order valence-electron chi connectivity index (χ1n) is 40.9. The summed E-state index contributed by atoms with van der Waals surface area (Å²) in [6.07, 6.45) is 13.2. The summed E-state index contributed by atoms with van der Waals surface area (Å²) in [5, 5.41) is 9.93. The number of anilines is 12. The van der Waals surface area contributed by atoms with Gasteiger partial charge in [0.2, 0.25) is 0 Å². The van der Waals surface area contributed by atoms with E-state index >= 15 is 0 Å². The number of nitriles is 1. The third-order valence-electron chi connectivity index (χ3n) is 30.3. The maximum atomic E-state index is 9.93. The molecule has 0 amide bonds. The average Bonchev–Trinajstić information content (AvgIpc) is 0.667. The smallest absolute Gasteiger partial charge is 0.252 e. The Bertz CT molecular complexity index is 5880. The molecule has 522 valence electrons. The fourth-order valence-electron chi connectivity index (χ4n) is 26.4. The number of fused-ring (bicyclic) bond motifs is 13. The molecule has 7 aliphatic carbocycles. The van der Waals surface area contributed by atoms with Crippen molar-refractivity contribution in [3.63, 3.8) is 0 Å². The minimum atomic E-state index is -0.104. The van der Waals surface area contributed by atoms with Crippen LogP contribution in [0.2, 0.25) is 0 Å². The van der Waals surface area contributed by atoms with Crippen LogP contribution in [0, 0.1) is 58.7 Å². The molecule has 5 atom stereocenters. The van der Waals surface area contributed by atoms with Crippen LogP contribution >= 0.6 is 0 Å². The lowest BCUT2D eigenvalue weighted by atomic mass is 9.32. The third-order valence-corrected chi connectivity index (χ3v) is 30.3. The van der Waals surface area contributed by atoms with Gasteiger partial charge in [-0.25, -0.2) is 0 Å². The molecule has 12 aromatic rings. The molecule has 7 saturated carbocycles. The maximum Gasteiger partial charge on any atom is 0.252 e. The predicted octanol–water partition coefficient (Wildman–Crippen LogP) is 21.4. The lowest BCUT2D eigenvalue weighted by Gasteiger charge is -2.66. The van der Waals surface area contributed by atoms with Gasteiger partial charge < -0.3 is 19.6 Å². The highest BCUT2D eigenvalue weighted by atomic mass is 15.2. The Morgan fingerprint density at radius 3 is 1.60 bits per heavy atom. The zero-order valence-electron chi connectivity index (χ0n) is 62.5. The van der Waals surface area contributed by atoms with E-state index in [0.717, 1.165) is 17.5 Å². The molecule has 108 heavy (non-hydrogen) atoms. The Balaban J connectivity index is 0.619. The van der Waals surface area contributed by atoms with E-state index in [0.29, 0.717) is 52.9 Å². The molecule has 6 aliphatic heterocycles. The molecule has 0 N–H and O–H groups in total. The second-order valence-electron chi connectivity index (χ2n) is 36.2. The Morgan fingerprint density at radius 1 is 0.389 bits per heavy atom. The second kappa shape index (κ2) is 22.3. The summed E-state index contributed by atoms with van der Waals surface area (Å²) in [5.74, 6) is 6.08. The first-order valence-corrected chi connectivity index (χ1v) is 40.9. The van der Waals surface area contributed by atoms with E-state index in [1.165, 1.54) is 204 Å². The molecule has 7 bridgehead atoms. The number of hydrogen-bond acceptors (Lipinski definition) is 5. The van der Waals surface area contributed by atoms with Crippen LogP contribution in [0.25, 0.3) is 22.3 Å². The van der Waals surface area contributed by atoms with Crippen molar-refractivity contribution in [3.05, 3.63) is 299 Å². The number of para-hydroxylation sites is 4. The highest BCUT2D eigenvalue weighted by Gasteiger charge is 2.66. The summed E-state index contributed by atoms with van der Waals surface area (Å²) < 4.78 is 0. The van der Waals surface area contributed by atoms with E-state index in [4.69, 9.17) is 0 Å². The Morgan fingerprint density at radius 2 is 0.944 bits per heavy atom. The van der Waals surface area contributed by atoms with Crippen molar-refractivity contribution in [1.29, 1.82) is 5.26 Å². The van der Waals surface area contributed by atoms with E-state index in [1.54, 1.807) is 16.7 Å². The summed E-state index contributed by atoms with van der Waals surface area (Å²) in [6, 6.07) is 103. The number of rotatable bonds is 6. The van der Waals surface area contributed by atoms with E-state index in [-0.39, 0.29) is 29.7 Å². The Kier molecular flexibility index (Phi) is 12.9. The molecular formula is C101H87B2N5. The summed E-state index contributed by atoms with van der Waals surface area (Å²) in [7, 11) is 0. The zero-order valence-corrected chi connectivity index (χ0v) is 62.5. The normalized spacial score (nSPS) is 25.8. The van der Waals surface area contributed by atoms with E-state index in [9.17, 15) is 5.26 Å². The summed E-state index contributed by atoms with van der Waals surface area (Å²) >= 11 is 0. The molecule has 0 saturated heterocycles. The molecule has 2 spiro atoms. The first-order chi connectivity index (χ1) is 52.9. The minimum Gasteiger partial charge on any atom is -0.311 e. The number of nitrogens with zero attached hydrogens (tertiary/aromatic N) is 5. The van der Waals surface area contributed by atoms with E-state index < -0.39 is 0 Å². The maximum absolute atomic E-state index is 9.93. The lowest BCUT2D eigenvalue weighted by molar-refractivity contribution is -0.0587. The van der Waals surface area contributed by atoms with Gasteiger partial charge in [-0.05, 0) is 307 Å². The summed E-state index contributed by atoms with van der Waals surface area (Å²) in [4.78, 5) is 10.7. The van der Waals surface area contributed by atoms with Crippen molar-refractivity contribution in [3.8, 4) is 28.3 Å². The van der Waals surface area contributed by atoms with Crippen molar-refractivity contribution < 1.29 is 0 Å². The van der Waals surface area contributed by atoms with Gasteiger partial charge in [-0.2, -0.15) is 5.26 Å². The van der Waals surface area contributed by atoms with Crippen molar-refractivity contribution in [2.24, 2.45) is 47.3 Å². The fourth-order valence-corrected chi connectivity index (χ4v) is 26.4. The summed E-state index contributed by atoms with van der Waals surface area (Å²) in [6.45, 7) is 12.0. The van der Waals surface area contributed by atoms with Crippen LogP contribution < -0.4 is 52.4 Å². The molecule has 5 unspecified atom stereocenters. The zero-order chi connectivity index (χ0) is 71.5. The van der Waals surface area contributed by atoms with Gasteiger partial charge in [-0.3, -0.25) is 0 Å². The van der Waals surface area contributed by atoms with Crippen LogP contribution in [0.1, 0.15) is 155 Å². The van der Waals surface area contributed by atoms with Crippen LogP contribution in [0.3, 0.4) is 0 Å². The van der Waals surface area contributed by atoms with Gasteiger partial charge in [0.25, 0.3) is 13.4 Å². The third kappa shape index (κ3) is 8.14. The van der Waals surface area contributed by atoms with Gasteiger partial charge >= 0.3 is 0 Å². The van der Waals surface area contributed by atoms with Crippen LogP contribution in [0.5, 0.6) is 0 Å². The molecule has 7 fully saturated rings. The Hall–Kier alpha value is -10.5. The van der Waals surface area contributed by atoms with Gasteiger partial charge in [0.15, 0.2) is 0 Å². The first kappa shape index (κ1) is 62.5. The van der Waals surface area contributed by atoms with Crippen LogP contribution in [0.4, 0.5) is 68.2 Å². The molecule has 0 radical (unpaired) electrons. The number of benzene rings is 12. The van der Waals surface area contributed by atoms with Gasteiger partial charge in [0.1, 0.15) is 0 Å². The van der Waals surface area contributed by atoms with Crippen LogP contribution in [-0.4, -0.2) is 13.4 Å². The quantitative estimate of drug-likeness (QED) is 0.155. The fraction of sp³-hybridized carbons (Fsp3) is 0.277. The molecule has 12 aromatic carbocycles. The minimum absolute atomic E-state index is 0.0225. The predicted molar refractivity (Wildman–Crippen MR) is 448 cm³/mol. The topological polar surface area (TPSA) is 36.8 Å². The molecule has 0 aromatic heterocycles. The van der Waals surface area contributed by atoms with Gasteiger partial charge in [0.05, 0.1) is 23.0 Å². The van der Waals surface area contributed by atoms with Crippen molar-refractivity contribution in [2.45, 2.75) is 127 Å².